The number of hydrogen-bond acceptors (Lipinski definition) is 5. The first-order chi connectivity index (χ1) is 11.5. The van der Waals surface area contributed by atoms with Crippen molar-refractivity contribution in [1.82, 2.24) is 5.32 Å². The highest BCUT2D eigenvalue weighted by molar-refractivity contribution is 7.12. The second-order valence-corrected chi connectivity index (χ2v) is 6.07. The van der Waals surface area contributed by atoms with Gasteiger partial charge in [-0.3, -0.25) is 9.59 Å². The lowest BCUT2D eigenvalue weighted by Crippen LogP contribution is -2.27. The summed E-state index contributed by atoms with van der Waals surface area (Å²) in [4.78, 5) is 35.8. The zero-order chi connectivity index (χ0) is 17.5. The number of methoxy groups -OCH3 is 1. The number of benzene rings is 1. The topological polar surface area (TPSA) is 84.5 Å². The molecule has 2 rings (SSSR count). The second kappa shape index (κ2) is 8.47. The molecule has 126 valence electrons. The molecule has 1 heterocycles. The number of nitrogens with one attached hydrogen (secondary N) is 2. The van der Waals surface area contributed by atoms with Crippen LogP contribution >= 0.6 is 22.9 Å². The zero-order valence-corrected chi connectivity index (χ0v) is 14.4. The molecule has 0 saturated carbocycles. The van der Waals surface area contributed by atoms with E-state index in [2.05, 4.69) is 15.4 Å². The Morgan fingerprint density at radius 3 is 2.71 bits per heavy atom. The van der Waals surface area contributed by atoms with Gasteiger partial charge < -0.3 is 15.4 Å². The van der Waals surface area contributed by atoms with Gasteiger partial charge in [0.2, 0.25) is 5.91 Å². The number of carbonyl (C=O) groups is 3. The summed E-state index contributed by atoms with van der Waals surface area (Å²) in [6, 6.07) is 7.93. The van der Waals surface area contributed by atoms with E-state index >= 15 is 0 Å². The lowest BCUT2D eigenvalue weighted by atomic mass is 10.2. The molecule has 0 unspecified atom stereocenters. The van der Waals surface area contributed by atoms with E-state index in [1.165, 1.54) is 36.6 Å². The van der Waals surface area contributed by atoms with Gasteiger partial charge in [0.1, 0.15) is 0 Å². The lowest BCUT2D eigenvalue weighted by Gasteiger charge is -2.09. The van der Waals surface area contributed by atoms with Crippen molar-refractivity contribution in [1.29, 1.82) is 0 Å². The van der Waals surface area contributed by atoms with Gasteiger partial charge >= 0.3 is 5.97 Å². The van der Waals surface area contributed by atoms with Gasteiger partial charge in [-0.15, -0.1) is 11.3 Å². The Morgan fingerprint density at radius 2 is 2.04 bits per heavy atom. The lowest BCUT2D eigenvalue weighted by molar-refractivity contribution is -0.116. The van der Waals surface area contributed by atoms with E-state index in [9.17, 15) is 14.4 Å². The van der Waals surface area contributed by atoms with Crippen molar-refractivity contribution in [3.63, 3.8) is 0 Å². The van der Waals surface area contributed by atoms with E-state index in [1.807, 2.05) is 0 Å². The molecule has 0 aliphatic heterocycles. The van der Waals surface area contributed by atoms with Crippen LogP contribution in [0.1, 0.15) is 26.5 Å². The summed E-state index contributed by atoms with van der Waals surface area (Å²) in [5.74, 6) is -1.07. The van der Waals surface area contributed by atoms with Gasteiger partial charge in [-0.1, -0.05) is 17.7 Å². The van der Waals surface area contributed by atoms with Crippen molar-refractivity contribution in [2.75, 3.05) is 19.0 Å². The SMILES string of the molecule is COC(=O)c1ccc(Cl)c(NC(=O)CCNC(=O)c2cccs2)c1. The third-order valence-corrected chi connectivity index (χ3v) is 4.24. The fourth-order valence-electron chi connectivity index (χ4n) is 1.86. The molecule has 0 radical (unpaired) electrons. The van der Waals surface area contributed by atoms with Crippen molar-refractivity contribution in [2.24, 2.45) is 0 Å². The van der Waals surface area contributed by atoms with Gasteiger partial charge in [0, 0.05) is 13.0 Å². The molecule has 1 aromatic carbocycles. The fourth-order valence-corrected chi connectivity index (χ4v) is 2.67. The maximum atomic E-state index is 11.9. The highest BCUT2D eigenvalue weighted by Gasteiger charge is 2.12. The maximum absolute atomic E-state index is 11.9. The molecule has 0 aliphatic carbocycles. The minimum absolute atomic E-state index is 0.0793. The Morgan fingerprint density at radius 1 is 1.25 bits per heavy atom. The number of carbonyl (C=O) groups excluding carboxylic acids is 3. The smallest absolute Gasteiger partial charge is 0.337 e. The van der Waals surface area contributed by atoms with Crippen LogP contribution in [0.25, 0.3) is 0 Å². The molecular formula is C16H15ClN2O4S. The molecule has 24 heavy (non-hydrogen) atoms. The molecule has 0 saturated heterocycles. The third kappa shape index (κ3) is 4.81. The largest absolute Gasteiger partial charge is 0.465 e. The first kappa shape index (κ1) is 18.0. The number of halogens is 1. The van der Waals surface area contributed by atoms with Crippen molar-refractivity contribution >= 4 is 46.4 Å². The van der Waals surface area contributed by atoms with Gasteiger partial charge in [0.05, 0.1) is 28.3 Å². The molecule has 0 fully saturated rings. The van der Waals surface area contributed by atoms with Gasteiger partial charge in [-0.05, 0) is 29.6 Å². The van der Waals surface area contributed by atoms with Crippen LogP contribution in [0.2, 0.25) is 5.02 Å². The molecule has 0 aliphatic rings. The van der Waals surface area contributed by atoms with Crippen LogP contribution in [0.5, 0.6) is 0 Å². The molecular weight excluding hydrogens is 352 g/mol. The Labute approximate surface area is 147 Å². The number of ether oxygens (including phenoxy) is 1. The quantitative estimate of drug-likeness (QED) is 0.770. The van der Waals surface area contributed by atoms with E-state index in [0.29, 0.717) is 15.6 Å². The second-order valence-electron chi connectivity index (χ2n) is 4.72. The Balaban J connectivity index is 1.88. The molecule has 6 nitrogen and oxygen atoms in total. The van der Waals surface area contributed by atoms with Crippen LogP contribution in [0.3, 0.4) is 0 Å². The van der Waals surface area contributed by atoms with Crippen LogP contribution in [0.15, 0.2) is 35.7 Å². The molecule has 8 heteroatoms. The summed E-state index contributed by atoms with van der Waals surface area (Å²) >= 11 is 7.33. The van der Waals surface area contributed by atoms with E-state index in [1.54, 1.807) is 17.5 Å². The summed E-state index contributed by atoms with van der Waals surface area (Å²) < 4.78 is 4.62. The van der Waals surface area contributed by atoms with Gasteiger partial charge in [0.25, 0.3) is 5.91 Å². The van der Waals surface area contributed by atoms with E-state index in [0.717, 1.165) is 0 Å². The average molecular weight is 367 g/mol. The van der Waals surface area contributed by atoms with E-state index < -0.39 is 5.97 Å². The first-order valence-electron chi connectivity index (χ1n) is 7.00. The van der Waals surface area contributed by atoms with Crippen molar-refractivity contribution < 1.29 is 19.1 Å². The monoisotopic (exact) mass is 366 g/mol. The summed E-state index contributed by atoms with van der Waals surface area (Å²) in [5.41, 5.74) is 0.595. The van der Waals surface area contributed by atoms with Crippen molar-refractivity contribution in [3.8, 4) is 0 Å². The normalized spacial score (nSPS) is 10.1. The van der Waals surface area contributed by atoms with E-state index in [4.69, 9.17) is 11.6 Å². The Bertz CT molecular complexity index is 747. The minimum Gasteiger partial charge on any atom is -0.465 e. The van der Waals surface area contributed by atoms with Crippen LogP contribution in [-0.4, -0.2) is 31.4 Å². The predicted octanol–water partition coefficient (Wildman–Crippen LogP) is 2.95. The zero-order valence-electron chi connectivity index (χ0n) is 12.8. The molecule has 0 spiro atoms. The number of rotatable bonds is 6. The predicted molar refractivity (Wildman–Crippen MR) is 92.7 cm³/mol. The van der Waals surface area contributed by atoms with Gasteiger partial charge in [-0.2, -0.15) is 0 Å². The van der Waals surface area contributed by atoms with Crippen LogP contribution in [0, 0.1) is 0 Å². The van der Waals surface area contributed by atoms with Crippen molar-refractivity contribution in [3.05, 3.63) is 51.2 Å². The Hall–Kier alpha value is -2.38. The molecule has 0 bridgehead atoms. The number of esters is 1. The number of hydrogen-bond donors (Lipinski definition) is 2. The summed E-state index contributed by atoms with van der Waals surface area (Å²) in [5, 5.41) is 7.38. The number of thiophene rings is 1. The number of anilines is 1. The Kier molecular flexibility index (Phi) is 6.34. The van der Waals surface area contributed by atoms with Crippen molar-refractivity contribution in [2.45, 2.75) is 6.42 Å². The van der Waals surface area contributed by atoms with E-state index in [-0.39, 0.29) is 30.3 Å². The highest BCUT2D eigenvalue weighted by atomic mass is 35.5. The van der Waals surface area contributed by atoms with Crippen LogP contribution in [-0.2, 0) is 9.53 Å². The van der Waals surface area contributed by atoms with Gasteiger partial charge in [-0.25, -0.2) is 4.79 Å². The minimum atomic E-state index is -0.523. The summed E-state index contributed by atoms with van der Waals surface area (Å²) in [7, 11) is 1.27. The van der Waals surface area contributed by atoms with Gasteiger partial charge in [0.15, 0.2) is 0 Å². The number of amides is 2. The van der Waals surface area contributed by atoms with Crippen LogP contribution < -0.4 is 10.6 Å². The molecule has 2 amide bonds. The van der Waals surface area contributed by atoms with Crippen LogP contribution in [0.4, 0.5) is 5.69 Å². The molecule has 1 aromatic heterocycles. The molecule has 2 aromatic rings. The highest BCUT2D eigenvalue weighted by Crippen LogP contribution is 2.23. The average Bonchev–Trinajstić information content (AvgIpc) is 3.10. The molecule has 0 atom stereocenters. The summed E-state index contributed by atoms with van der Waals surface area (Å²) in [6.07, 6.45) is 0.0793. The standard InChI is InChI=1S/C16H15ClN2O4S/c1-23-16(22)10-4-5-11(17)12(9-10)19-14(20)6-7-18-15(21)13-3-2-8-24-13/h2-5,8-9H,6-7H2,1H3,(H,18,21)(H,19,20). The fraction of sp³-hybridized carbons (Fsp3) is 0.188. The first-order valence-corrected chi connectivity index (χ1v) is 8.26. The maximum Gasteiger partial charge on any atom is 0.337 e. The molecule has 2 N–H and O–H groups in total. The third-order valence-electron chi connectivity index (χ3n) is 3.04. The summed E-state index contributed by atoms with van der Waals surface area (Å²) in [6.45, 7) is 0.191.